The molecule has 5 nitrogen and oxygen atoms in total. The van der Waals surface area contributed by atoms with Gasteiger partial charge >= 0.3 is 0 Å². The Hall–Kier alpha value is -3.99. The van der Waals surface area contributed by atoms with Crippen molar-refractivity contribution >= 4 is 28.8 Å². The summed E-state index contributed by atoms with van der Waals surface area (Å²) in [4.78, 5) is 30.0. The van der Waals surface area contributed by atoms with Crippen molar-refractivity contribution < 1.29 is 9.59 Å². The van der Waals surface area contributed by atoms with Crippen LogP contribution in [-0.2, 0) is 11.3 Å². The number of aromatic nitrogens is 2. The number of ketones is 1. The normalized spacial score (nSPS) is 12.2. The van der Waals surface area contributed by atoms with Crippen LogP contribution in [0.5, 0.6) is 0 Å². The van der Waals surface area contributed by atoms with E-state index in [-0.39, 0.29) is 24.3 Å². The van der Waals surface area contributed by atoms with E-state index in [9.17, 15) is 9.59 Å². The highest BCUT2D eigenvalue weighted by Gasteiger charge is 2.20. The van der Waals surface area contributed by atoms with Gasteiger partial charge in [-0.25, -0.2) is 4.98 Å². The van der Waals surface area contributed by atoms with E-state index in [1.165, 1.54) is 6.08 Å². The lowest BCUT2D eigenvalue weighted by molar-refractivity contribution is -0.117. The maximum Gasteiger partial charge on any atom is 0.244 e. The van der Waals surface area contributed by atoms with Crippen molar-refractivity contribution in [1.29, 1.82) is 0 Å². The third-order valence-electron chi connectivity index (χ3n) is 5.05. The molecule has 1 atom stereocenters. The van der Waals surface area contributed by atoms with Gasteiger partial charge in [0.1, 0.15) is 5.82 Å². The minimum atomic E-state index is -0.371. The van der Waals surface area contributed by atoms with Crippen LogP contribution in [0.4, 0.5) is 0 Å². The zero-order chi connectivity index (χ0) is 21.6. The zero-order valence-corrected chi connectivity index (χ0v) is 17.2. The fourth-order valence-corrected chi connectivity index (χ4v) is 3.51. The van der Waals surface area contributed by atoms with E-state index in [2.05, 4.69) is 5.32 Å². The molecular weight excluding hydrogens is 386 g/mol. The first kappa shape index (κ1) is 20.3. The Morgan fingerprint density at radius 1 is 0.935 bits per heavy atom. The third-order valence-corrected chi connectivity index (χ3v) is 5.05. The van der Waals surface area contributed by atoms with Crippen LogP contribution in [0.2, 0.25) is 0 Å². The molecule has 0 fully saturated rings. The second-order valence-electron chi connectivity index (χ2n) is 7.31. The quantitative estimate of drug-likeness (QED) is 0.352. The fraction of sp³-hybridized carbons (Fsp3) is 0.115. The van der Waals surface area contributed by atoms with Crippen LogP contribution in [0.15, 0.2) is 91.0 Å². The number of imidazole rings is 1. The average molecular weight is 409 g/mol. The Bertz CT molecular complexity index is 1230. The van der Waals surface area contributed by atoms with Gasteiger partial charge in [0.2, 0.25) is 5.91 Å². The van der Waals surface area contributed by atoms with Crippen molar-refractivity contribution in [2.75, 3.05) is 0 Å². The fourth-order valence-electron chi connectivity index (χ4n) is 3.51. The number of fused-ring (bicyclic) bond motifs is 1. The average Bonchev–Trinajstić information content (AvgIpc) is 3.17. The molecule has 1 N–H and O–H groups in total. The molecule has 1 heterocycles. The molecule has 154 valence electrons. The molecule has 0 radical (unpaired) electrons. The van der Waals surface area contributed by atoms with Crippen molar-refractivity contribution in [3.8, 4) is 0 Å². The van der Waals surface area contributed by atoms with Crippen LogP contribution in [0, 0.1) is 0 Å². The molecular formula is C26H23N3O2. The minimum absolute atomic E-state index is 0.00694. The first-order chi connectivity index (χ1) is 15.1. The smallest absolute Gasteiger partial charge is 0.244 e. The summed E-state index contributed by atoms with van der Waals surface area (Å²) in [6, 6.07) is 26.1. The first-order valence-corrected chi connectivity index (χ1v) is 10.2. The Morgan fingerprint density at radius 2 is 1.58 bits per heavy atom. The standard InChI is InChI=1S/C26H23N3O2/c1-19(27-25(31)17-16-20-10-4-2-5-11-20)26-28-22-14-8-9-15-23(22)29(26)18-24(30)21-12-6-3-7-13-21/h2-17,19H,18H2,1H3,(H,27,31)/b17-16-. The molecule has 5 heteroatoms. The van der Waals surface area contributed by atoms with E-state index >= 15 is 0 Å². The molecule has 1 aromatic heterocycles. The van der Waals surface area contributed by atoms with E-state index in [4.69, 9.17) is 4.98 Å². The monoisotopic (exact) mass is 409 g/mol. The predicted octanol–water partition coefficient (Wildman–Crippen LogP) is 4.81. The molecule has 3 aromatic carbocycles. The summed E-state index contributed by atoms with van der Waals surface area (Å²) >= 11 is 0. The summed E-state index contributed by atoms with van der Waals surface area (Å²) in [5, 5.41) is 2.96. The molecule has 1 unspecified atom stereocenters. The lowest BCUT2D eigenvalue weighted by Crippen LogP contribution is -2.28. The van der Waals surface area contributed by atoms with Gasteiger partial charge in [0.05, 0.1) is 23.6 Å². The number of carbonyl (C=O) groups excluding carboxylic acids is 2. The van der Waals surface area contributed by atoms with Crippen molar-refractivity contribution in [2.45, 2.75) is 19.5 Å². The molecule has 0 spiro atoms. The Kier molecular flexibility index (Phi) is 6.03. The van der Waals surface area contributed by atoms with Crippen LogP contribution in [-0.4, -0.2) is 21.2 Å². The lowest BCUT2D eigenvalue weighted by Gasteiger charge is -2.15. The van der Waals surface area contributed by atoms with Gasteiger partial charge in [-0.1, -0.05) is 72.8 Å². The van der Waals surface area contributed by atoms with Crippen LogP contribution in [0.3, 0.4) is 0 Å². The highest BCUT2D eigenvalue weighted by atomic mass is 16.1. The maximum atomic E-state index is 12.9. The van der Waals surface area contributed by atoms with Gasteiger partial charge in [-0.2, -0.15) is 0 Å². The molecule has 0 saturated carbocycles. The van der Waals surface area contributed by atoms with E-state index in [1.807, 2.05) is 84.3 Å². The summed E-state index contributed by atoms with van der Waals surface area (Å²) in [7, 11) is 0. The van der Waals surface area contributed by atoms with Crippen molar-refractivity contribution in [2.24, 2.45) is 0 Å². The molecule has 0 aliphatic carbocycles. The molecule has 0 aliphatic heterocycles. The third kappa shape index (κ3) is 4.78. The van der Waals surface area contributed by atoms with Crippen LogP contribution in [0.25, 0.3) is 17.1 Å². The number of hydrogen-bond acceptors (Lipinski definition) is 3. The molecule has 4 aromatic rings. The van der Waals surface area contributed by atoms with E-state index in [0.29, 0.717) is 11.4 Å². The number of para-hydroxylation sites is 2. The molecule has 31 heavy (non-hydrogen) atoms. The number of hydrogen-bond donors (Lipinski definition) is 1. The van der Waals surface area contributed by atoms with Crippen LogP contribution in [0.1, 0.15) is 34.7 Å². The predicted molar refractivity (Wildman–Crippen MR) is 123 cm³/mol. The summed E-state index contributed by atoms with van der Waals surface area (Å²) in [6.45, 7) is 2.03. The van der Waals surface area contributed by atoms with Gasteiger partial charge in [-0.3, -0.25) is 9.59 Å². The van der Waals surface area contributed by atoms with Gasteiger partial charge in [0, 0.05) is 11.6 Å². The Labute approximate surface area is 181 Å². The van der Waals surface area contributed by atoms with E-state index in [1.54, 1.807) is 18.2 Å². The summed E-state index contributed by atoms with van der Waals surface area (Å²) in [6.07, 6.45) is 3.28. The number of benzene rings is 3. The van der Waals surface area contributed by atoms with Gasteiger partial charge in [-0.15, -0.1) is 0 Å². The van der Waals surface area contributed by atoms with Crippen molar-refractivity contribution in [3.63, 3.8) is 0 Å². The largest absolute Gasteiger partial charge is 0.343 e. The number of amides is 1. The van der Waals surface area contributed by atoms with Crippen molar-refractivity contribution in [1.82, 2.24) is 14.9 Å². The SMILES string of the molecule is CC(NC(=O)/C=C\c1ccccc1)c1nc2ccccc2n1CC(=O)c1ccccc1. The topological polar surface area (TPSA) is 64.0 Å². The number of nitrogens with zero attached hydrogens (tertiary/aromatic N) is 2. The van der Waals surface area contributed by atoms with Crippen LogP contribution >= 0.6 is 0 Å². The summed E-state index contributed by atoms with van der Waals surface area (Å²) in [5.74, 6) is 0.420. The first-order valence-electron chi connectivity index (χ1n) is 10.2. The second kappa shape index (κ2) is 9.22. The van der Waals surface area contributed by atoms with Gasteiger partial charge in [0.25, 0.3) is 0 Å². The maximum absolute atomic E-state index is 12.9. The van der Waals surface area contributed by atoms with Gasteiger partial charge in [0.15, 0.2) is 5.78 Å². The number of carbonyl (C=O) groups is 2. The molecule has 0 saturated heterocycles. The van der Waals surface area contributed by atoms with Crippen molar-refractivity contribution in [3.05, 3.63) is 108 Å². The molecule has 1 amide bonds. The van der Waals surface area contributed by atoms with E-state index < -0.39 is 0 Å². The summed E-state index contributed by atoms with van der Waals surface area (Å²) < 4.78 is 1.89. The summed E-state index contributed by atoms with van der Waals surface area (Å²) in [5.41, 5.74) is 3.25. The molecule has 0 bridgehead atoms. The Morgan fingerprint density at radius 3 is 2.32 bits per heavy atom. The van der Waals surface area contributed by atoms with E-state index in [0.717, 1.165) is 16.6 Å². The lowest BCUT2D eigenvalue weighted by atomic mass is 10.1. The molecule has 4 rings (SSSR count). The van der Waals surface area contributed by atoms with Gasteiger partial charge in [-0.05, 0) is 30.7 Å². The highest BCUT2D eigenvalue weighted by molar-refractivity contribution is 5.97. The number of Topliss-reactive ketones (excluding diaryl/α,β-unsaturated/α-hetero) is 1. The zero-order valence-electron chi connectivity index (χ0n) is 17.2. The molecule has 0 aliphatic rings. The highest BCUT2D eigenvalue weighted by Crippen LogP contribution is 2.21. The van der Waals surface area contributed by atoms with Crippen LogP contribution < -0.4 is 5.32 Å². The minimum Gasteiger partial charge on any atom is -0.343 e. The Balaban J connectivity index is 1.57. The van der Waals surface area contributed by atoms with Gasteiger partial charge < -0.3 is 9.88 Å². The number of nitrogens with one attached hydrogen (secondary N) is 1. The number of rotatable bonds is 7. The second-order valence-corrected chi connectivity index (χ2v) is 7.31.